The van der Waals surface area contributed by atoms with Crippen molar-refractivity contribution in [2.75, 3.05) is 0 Å². The summed E-state index contributed by atoms with van der Waals surface area (Å²) in [6, 6.07) is 5.80. The largest absolute Gasteiger partial charge is 0.478 e. The summed E-state index contributed by atoms with van der Waals surface area (Å²) in [5, 5.41) is 8.80. The van der Waals surface area contributed by atoms with Gasteiger partial charge in [0, 0.05) is 6.92 Å². The van der Waals surface area contributed by atoms with Crippen molar-refractivity contribution < 1.29 is 19.4 Å². The van der Waals surface area contributed by atoms with E-state index in [2.05, 4.69) is 16.8 Å². The molecule has 0 fully saturated rings. The number of carboxylic acids is 1. The van der Waals surface area contributed by atoms with Crippen molar-refractivity contribution >= 4 is 11.9 Å². The molecule has 4 heteroatoms. The summed E-state index contributed by atoms with van der Waals surface area (Å²) in [6.45, 7) is 1.51. The van der Waals surface area contributed by atoms with Gasteiger partial charge in [-0.3, -0.25) is 0 Å². The zero-order chi connectivity index (χ0) is 11.3. The van der Waals surface area contributed by atoms with Crippen LogP contribution >= 0.6 is 0 Å². The second-order valence-corrected chi connectivity index (χ2v) is 2.59. The maximum Gasteiger partial charge on any atom is 0.352 e. The van der Waals surface area contributed by atoms with Gasteiger partial charge in [-0.2, -0.15) is 0 Å². The van der Waals surface area contributed by atoms with Gasteiger partial charge in [-0.05, 0) is 12.1 Å². The fourth-order valence-electron chi connectivity index (χ4n) is 1.000. The molecule has 0 spiro atoms. The number of carbonyl (C=O) groups excluding carboxylic acids is 1. The number of aromatic carboxylic acids is 1. The Balaban J connectivity index is 3.06. The maximum atomic E-state index is 11.3. The Hall–Kier alpha value is -2.28. The van der Waals surface area contributed by atoms with Crippen molar-refractivity contribution in [1.82, 2.24) is 0 Å². The van der Waals surface area contributed by atoms with Crippen LogP contribution in [0.1, 0.15) is 27.6 Å². The van der Waals surface area contributed by atoms with Gasteiger partial charge in [-0.15, -0.1) is 0 Å². The third-order valence-electron chi connectivity index (χ3n) is 1.62. The highest BCUT2D eigenvalue weighted by atomic mass is 16.5. The molecule has 0 aromatic heterocycles. The number of ether oxygens (including phenoxy) is 1. The van der Waals surface area contributed by atoms with Crippen molar-refractivity contribution in [3.8, 4) is 12.0 Å². The predicted molar refractivity (Wildman–Crippen MR) is 52.3 cm³/mol. The molecule has 0 bridgehead atoms. The molecule has 15 heavy (non-hydrogen) atoms. The number of benzene rings is 1. The fraction of sp³-hybridized carbons (Fsp3) is 0.0909. The number of hydrogen-bond donors (Lipinski definition) is 1. The van der Waals surface area contributed by atoms with Crippen LogP contribution in [-0.4, -0.2) is 17.0 Å². The summed E-state index contributed by atoms with van der Waals surface area (Å²) >= 11 is 0. The lowest BCUT2D eigenvalue weighted by atomic mass is 10.1. The Morgan fingerprint density at radius 1 is 1.27 bits per heavy atom. The van der Waals surface area contributed by atoms with E-state index in [9.17, 15) is 9.59 Å². The molecule has 0 aliphatic carbocycles. The van der Waals surface area contributed by atoms with Crippen LogP contribution in [0.3, 0.4) is 0 Å². The van der Waals surface area contributed by atoms with Crippen LogP contribution in [0.2, 0.25) is 0 Å². The minimum atomic E-state index is -1.17. The first kappa shape index (κ1) is 10.8. The highest BCUT2D eigenvalue weighted by molar-refractivity contribution is 6.02. The summed E-state index contributed by atoms with van der Waals surface area (Å²) < 4.78 is 4.50. The summed E-state index contributed by atoms with van der Waals surface area (Å²) in [4.78, 5) is 22.1. The van der Waals surface area contributed by atoms with Crippen LogP contribution in [-0.2, 0) is 4.74 Å². The van der Waals surface area contributed by atoms with Crippen molar-refractivity contribution in [3.05, 3.63) is 35.4 Å². The Bertz CT molecular complexity index is 451. The number of carbonyl (C=O) groups is 2. The molecule has 0 aliphatic heterocycles. The SMILES string of the molecule is CC#COC(=O)c1ccccc1C(=O)O. The lowest BCUT2D eigenvalue weighted by molar-refractivity contribution is 0.0649. The van der Waals surface area contributed by atoms with Crippen molar-refractivity contribution in [2.24, 2.45) is 0 Å². The molecular weight excluding hydrogens is 196 g/mol. The number of carboxylic acid groups (broad SMARTS) is 1. The van der Waals surface area contributed by atoms with Gasteiger partial charge >= 0.3 is 11.9 Å². The minimum Gasteiger partial charge on any atom is -0.478 e. The lowest BCUT2D eigenvalue weighted by Crippen LogP contribution is -2.09. The van der Waals surface area contributed by atoms with Gasteiger partial charge < -0.3 is 9.84 Å². The second kappa shape index (κ2) is 4.82. The molecule has 0 radical (unpaired) electrons. The fourth-order valence-corrected chi connectivity index (χ4v) is 1.000. The molecule has 0 atom stereocenters. The molecule has 1 aromatic rings. The van der Waals surface area contributed by atoms with E-state index in [1.165, 1.54) is 25.1 Å². The smallest absolute Gasteiger partial charge is 0.352 e. The zero-order valence-corrected chi connectivity index (χ0v) is 7.98. The van der Waals surface area contributed by atoms with Gasteiger partial charge in [-0.1, -0.05) is 18.1 Å². The van der Waals surface area contributed by atoms with Gasteiger partial charge in [0.15, 0.2) is 0 Å². The number of esters is 1. The van der Waals surface area contributed by atoms with Gasteiger partial charge in [0.05, 0.1) is 11.1 Å². The highest BCUT2D eigenvalue weighted by Crippen LogP contribution is 2.09. The van der Waals surface area contributed by atoms with Gasteiger partial charge in [0.2, 0.25) is 0 Å². The maximum absolute atomic E-state index is 11.3. The van der Waals surface area contributed by atoms with Crippen LogP contribution in [0.5, 0.6) is 0 Å². The molecule has 4 nitrogen and oxygen atoms in total. The first-order valence-corrected chi connectivity index (χ1v) is 4.12. The minimum absolute atomic E-state index is 0.00671. The van der Waals surface area contributed by atoms with Crippen molar-refractivity contribution in [3.63, 3.8) is 0 Å². The van der Waals surface area contributed by atoms with Gasteiger partial charge in [0.25, 0.3) is 0 Å². The molecular formula is C11H8O4. The van der Waals surface area contributed by atoms with E-state index in [1.807, 2.05) is 0 Å². The third kappa shape index (κ3) is 2.58. The van der Waals surface area contributed by atoms with E-state index in [-0.39, 0.29) is 11.1 Å². The molecule has 1 aromatic carbocycles. The van der Waals surface area contributed by atoms with Crippen molar-refractivity contribution in [2.45, 2.75) is 6.92 Å². The molecule has 0 unspecified atom stereocenters. The van der Waals surface area contributed by atoms with Crippen LogP contribution in [0.4, 0.5) is 0 Å². The Morgan fingerprint density at radius 3 is 2.40 bits per heavy atom. The summed E-state index contributed by atoms with van der Waals surface area (Å²) in [6.07, 6.45) is 2.12. The van der Waals surface area contributed by atoms with Crippen molar-refractivity contribution in [1.29, 1.82) is 0 Å². The zero-order valence-electron chi connectivity index (χ0n) is 7.98. The Labute approximate surface area is 86.5 Å². The predicted octanol–water partition coefficient (Wildman–Crippen LogP) is 1.52. The molecule has 1 rings (SSSR count). The molecule has 0 saturated carbocycles. The monoisotopic (exact) mass is 204 g/mol. The lowest BCUT2D eigenvalue weighted by Gasteiger charge is -2.01. The molecule has 0 amide bonds. The third-order valence-corrected chi connectivity index (χ3v) is 1.62. The summed E-state index contributed by atoms with van der Waals surface area (Å²) in [5.74, 6) is 0.441. The first-order chi connectivity index (χ1) is 7.16. The van der Waals surface area contributed by atoms with E-state index in [4.69, 9.17) is 5.11 Å². The Kier molecular flexibility index (Phi) is 3.47. The van der Waals surface area contributed by atoms with Crippen LogP contribution in [0.15, 0.2) is 24.3 Å². The van der Waals surface area contributed by atoms with Gasteiger partial charge in [0.1, 0.15) is 6.11 Å². The second-order valence-electron chi connectivity index (χ2n) is 2.59. The number of rotatable bonds is 2. The van der Waals surface area contributed by atoms with E-state index in [0.29, 0.717) is 0 Å². The van der Waals surface area contributed by atoms with Crippen LogP contribution in [0.25, 0.3) is 0 Å². The molecule has 76 valence electrons. The average Bonchev–Trinajstić information content (AvgIpc) is 2.25. The summed E-state index contributed by atoms with van der Waals surface area (Å²) in [7, 11) is 0. The van der Waals surface area contributed by atoms with Crippen LogP contribution < -0.4 is 0 Å². The summed E-state index contributed by atoms with van der Waals surface area (Å²) in [5.41, 5.74) is -0.104. The average molecular weight is 204 g/mol. The normalized spacial score (nSPS) is 8.60. The van der Waals surface area contributed by atoms with E-state index >= 15 is 0 Å². The topological polar surface area (TPSA) is 63.6 Å². The Morgan fingerprint density at radius 2 is 1.87 bits per heavy atom. The first-order valence-electron chi connectivity index (χ1n) is 4.12. The molecule has 0 aliphatic rings. The molecule has 1 N–H and O–H groups in total. The quantitative estimate of drug-likeness (QED) is 0.586. The molecule has 0 heterocycles. The van der Waals surface area contributed by atoms with Gasteiger partial charge in [-0.25, -0.2) is 9.59 Å². The van der Waals surface area contributed by atoms with E-state index < -0.39 is 11.9 Å². The van der Waals surface area contributed by atoms with Crippen LogP contribution in [0, 0.1) is 12.0 Å². The molecule has 0 saturated heterocycles. The van der Waals surface area contributed by atoms with E-state index in [1.54, 1.807) is 6.07 Å². The number of hydrogen-bond acceptors (Lipinski definition) is 3. The van der Waals surface area contributed by atoms with E-state index in [0.717, 1.165) is 0 Å². The standard InChI is InChI=1S/C11H8O4/c1-2-7-15-11(14)9-6-4-3-5-8(9)10(12)13/h3-6H,1H3,(H,12,13). The highest BCUT2D eigenvalue weighted by Gasteiger charge is 2.16.